The number of aryl methyl sites for hydroxylation is 2. The van der Waals surface area contributed by atoms with Crippen molar-refractivity contribution in [3.8, 4) is 5.75 Å². The van der Waals surface area contributed by atoms with E-state index in [1.807, 2.05) is 12.1 Å². The minimum atomic E-state index is -0.124. The van der Waals surface area contributed by atoms with E-state index in [1.54, 1.807) is 0 Å². The predicted molar refractivity (Wildman–Crippen MR) is 91.9 cm³/mol. The van der Waals surface area contributed by atoms with Gasteiger partial charge in [0.15, 0.2) is 0 Å². The Hall–Kier alpha value is -1.32. The molecule has 1 unspecified atom stereocenters. The van der Waals surface area contributed by atoms with Gasteiger partial charge in [-0.2, -0.15) is 0 Å². The van der Waals surface area contributed by atoms with Crippen LogP contribution in [-0.4, -0.2) is 6.61 Å². The van der Waals surface area contributed by atoms with E-state index < -0.39 is 0 Å². The summed E-state index contributed by atoms with van der Waals surface area (Å²) in [5.41, 5.74) is 11.1. The maximum absolute atomic E-state index is 6.44. The maximum Gasteiger partial charge on any atom is 0.133 e. The fraction of sp³-hybridized carbons (Fsp3) is 0.333. The van der Waals surface area contributed by atoms with Gasteiger partial charge in [-0.05, 0) is 65.0 Å². The standard InChI is InChI=1S/C18H22BrNO/c1-4-9-21-17-8-7-14(11-16(17)19)18(20)15-10-12(2)5-6-13(15)3/h5-8,10-11,18H,4,9,20H2,1-3H3. The third-order valence-electron chi connectivity index (χ3n) is 3.55. The second-order valence-corrected chi connectivity index (χ2v) is 6.23. The molecular formula is C18H22BrNO. The molecule has 0 amide bonds. The number of ether oxygens (including phenoxy) is 1. The summed E-state index contributed by atoms with van der Waals surface area (Å²) in [5, 5.41) is 0. The fourth-order valence-electron chi connectivity index (χ4n) is 2.31. The Morgan fingerprint density at radius 1 is 1.14 bits per heavy atom. The lowest BCUT2D eigenvalue weighted by Crippen LogP contribution is -2.13. The number of nitrogens with two attached hydrogens (primary N) is 1. The van der Waals surface area contributed by atoms with Crippen LogP contribution >= 0.6 is 15.9 Å². The summed E-state index contributed by atoms with van der Waals surface area (Å²) in [4.78, 5) is 0. The summed E-state index contributed by atoms with van der Waals surface area (Å²) in [6.07, 6.45) is 0.996. The molecule has 2 nitrogen and oxygen atoms in total. The van der Waals surface area contributed by atoms with Crippen molar-refractivity contribution in [3.05, 3.63) is 63.1 Å². The highest BCUT2D eigenvalue weighted by Crippen LogP contribution is 2.31. The summed E-state index contributed by atoms with van der Waals surface area (Å²) in [6.45, 7) is 7.01. The van der Waals surface area contributed by atoms with Gasteiger partial charge < -0.3 is 10.5 Å². The van der Waals surface area contributed by atoms with Gasteiger partial charge in [0, 0.05) is 0 Å². The minimum absolute atomic E-state index is 0.124. The SMILES string of the molecule is CCCOc1ccc(C(N)c2cc(C)ccc2C)cc1Br. The Balaban J connectivity index is 2.29. The molecule has 0 bridgehead atoms. The van der Waals surface area contributed by atoms with Crippen LogP contribution in [0.4, 0.5) is 0 Å². The van der Waals surface area contributed by atoms with Gasteiger partial charge in [-0.15, -0.1) is 0 Å². The topological polar surface area (TPSA) is 35.2 Å². The molecule has 0 fully saturated rings. The highest BCUT2D eigenvalue weighted by Gasteiger charge is 2.13. The van der Waals surface area contributed by atoms with Gasteiger partial charge in [0.25, 0.3) is 0 Å². The van der Waals surface area contributed by atoms with Gasteiger partial charge in [0.1, 0.15) is 5.75 Å². The molecule has 0 aromatic heterocycles. The largest absolute Gasteiger partial charge is 0.492 e. The molecule has 2 aromatic rings. The first-order valence-corrected chi connectivity index (χ1v) is 8.07. The Bertz CT molecular complexity index is 625. The zero-order chi connectivity index (χ0) is 15.4. The summed E-state index contributed by atoms with van der Waals surface area (Å²) in [7, 11) is 0. The summed E-state index contributed by atoms with van der Waals surface area (Å²) < 4.78 is 6.63. The van der Waals surface area contributed by atoms with Crippen LogP contribution in [0.3, 0.4) is 0 Å². The molecule has 1 atom stereocenters. The van der Waals surface area contributed by atoms with Crippen LogP contribution in [0.2, 0.25) is 0 Å². The van der Waals surface area contributed by atoms with E-state index in [-0.39, 0.29) is 6.04 Å². The Morgan fingerprint density at radius 3 is 2.57 bits per heavy atom. The third kappa shape index (κ3) is 3.86. The normalized spacial score (nSPS) is 12.2. The number of benzene rings is 2. The van der Waals surface area contributed by atoms with Crippen molar-refractivity contribution in [2.75, 3.05) is 6.61 Å². The van der Waals surface area contributed by atoms with Crippen molar-refractivity contribution >= 4 is 15.9 Å². The van der Waals surface area contributed by atoms with Crippen LogP contribution in [0.5, 0.6) is 5.75 Å². The van der Waals surface area contributed by atoms with Crippen LogP contribution in [0.1, 0.15) is 41.6 Å². The molecule has 0 saturated heterocycles. The summed E-state index contributed by atoms with van der Waals surface area (Å²) >= 11 is 3.57. The van der Waals surface area contributed by atoms with Crippen molar-refractivity contribution in [1.29, 1.82) is 0 Å². The molecule has 112 valence electrons. The van der Waals surface area contributed by atoms with Crippen LogP contribution in [-0.2, 0) is 0 Å². The number of hydrogen-bond donors (Lipinski definition) is 1. The quantitative estimate of drug-likeness (QED) is 0.834. The molecule has 0 saturated carbocycles. The number of halogens is 1. The second kappa shape index (κ2) is 7.10. The predicted octanol–water partition coefficient (Wildman–Crippen LogP) is 4.90. The third-order valence-corrected chi connectivity index (χ3v) is 4.17. The molecule has 2 rings (SSSR count). The maximum atomic E-state index is 6.44. The van der Waals surface area contributed by atoms with Crippen molar-refractivity contribution in [2.45, 2.75) is 33.2 Å². The van der Waals surface area contributed by atoms with E-state index in [0.717, 1.165) is 28.8 Å². The molecule has 0 spiro atoms. The molecule has 0 aliphatic heterocycles. The second-order valence-electron chi connectivity index (χ2n) is 5.38. The fourth-order valence-corrected chi connectivity index (χ4v) is 2.83. The first kappa shape index (κ1) is 16.1. The number of rotatable bonds is 5. The highest BCUT2D eigenvalue weighted by molar-refractivity contribution is 9.10. The van der Waals surface area contributed by atoms with Crippen LogP contribution < -0.4 is 10.5 Å². The van der Waals surface area contributed by atoms with E-state index in [1.165, 1.54) is 16.7 Å². The van der Waals surface area contributed by atoms with Gasteiger partial charge >= 0.3 is 0 Å². The van der Waals surface area contributed by atoms with Crippen LogP contribution in [0.15, 0.2) is 40.9 Å². The zero-order valence-corrected chi connectivity index (χ0v) is 14.4. The number of hydrogen-bond acceptors (Lipinski definition) is 2. The van der Waals surface area contributed by atoms with E-state index in [2.05, 4.69) is 61.0 Å². The van der Waals surface area contributed by atoms with E-state index in [0.29, 0.717) is 0 Å². The Labute approximate surface area is 135 Å². The van der Waals surface area contributed by atoms with Crippen molar-refractivity contribution < 1.29 is 4.74 Å². The molecule has 2 N–H and O–H groups in total. The van der Waals surface area contributed by atoms with Gasteiger partial charge in [0.05, 0.1) is 17.1 Å². The van der Waals surface area contributed by atoms with Crippen LogP contribution in [0.25, 0.3) is 0 Å². The molecule has 2 aromatic carbocycles. The summed E-state index contributed by atoms with van der Waals surface area (Å²) in [6, 6.07) is 12.4. The van der Waals surface area contributed by atoms with Crippen molar-refractivity contribution in [3.63, 3.8) is 0 Å². The lowest BCUT2D eigenvalue weighted by atomic mass is 9.94. The highest BCUT2D eigenvalue weighted by atomic mass is 79.9. The minimum Gasteiger partial charge on any atom is -0.492 e. The Morgan fingerprint density at radius 2 is 1.90 bits per heavy atom. The lowest BCUT2D eigenvalue weighted by Gasteiger charge is -2.17. The first-order chi connectivity index (χ1) is 10.0. The van der Waals surface area contributed by atoms with E-state index in [4.69, 9.17) is 10.5 Å². The van der Waals surface area contributed by atoms with Gasteiger partial charge in [0.2, 0.25) is 0 Å². The van der Waals surface area contributed by atoms with Crippen molar-refractivity contribution in [1.82, 2.24) is 0 Å². The molecule has 0 aliphatic rings. The Kier molecular flexibility index (Phi) is 5.43. The molecule has 3 heteroatoms. The zero-order valence-electron chi connectivity index (χ0n) is 12.8. The molecule has 21 heavy (non-hydrogen) atoms. The van der Waals surface area contributed by atoms with Crippen LogP contribution in [0, 0.1) is 13.8 Å². The van der Waals surface area contributed by atoms with Gasteiger partial charge in [-0.25, -0.2) is 0 Å². The average molecular weight is 348 g/mol. The van der Waals surface area contributed by atoms with E-state index in [9.17, 15) is 0 Å². The lowest BCUT2D eigenvalue weighted by molar-refractivity contribution is 0.315. The van der Waals surface area contributed by atoms with Gasteiger partial charge in [-0.3, -0.25) is 0 Å². The van der Waals surface area contributed by atoms with Crippen molar-refractivity contribution in [2.24, 2.45) is 5.73 Å². The van der Waals surface area contributed by atoms with E-state index >= 15 is 0 Å². The monoisotopic (exact) mass is 347 g/mol. The molecular weight excluding hydrogens is 326 g/mol. The molecule has 0 radical (unpaired) electrons. The smallest absolute Gasteiger partial charge is 0.133 e. The average Bonchev–Trinajstić information content (AvgIpc) is 2.47. The van der Waals surface area contributed by atoms with Gasteiger partial charge in [-0.1, -0.05) is 36.8 Å². The molecule has 0 heterocycles. The first-order valence-electron chi connectivity index (χ1n) is 7.28. The molecule has 0 aliphatic carbocycles. The summed E-state index contributed by atoms with van der Waals surface area (Å²) in [5.74, 6) is 0.869.